The minimum Gasteiger partial charge on any atom is -0.496 e. The molecule has 1 aliphatic rings. The maximum Gasteiger partial charge on any atom is 0.230 e. The lowest BCUT2D eigenvalue weighted by Gasteiger charge is -2.18. The van der Waals surface area contributed by atoms with Crippen LogP contribution >= 0.6 is 0 Å². The number of nitrogens with zero attached hydrogens (tertiary/aromatic N) is 2. The predicted molar refractivity (Wildman–Crippen MR) is 88.4 cm³/mol. The highest BCUT2D eigenvalue weighted by molar-refractivity contribution is 5.92. The van der Waals surface area contributed by atoms with Gasteiger partial charge in [-0.15, -0.1) is 0 Å². The average molecular weight is 313 g/mol. The number of amides is 1. The standard InChI is InChI=1S/C18H23N3O2/c1-23-16-7-3-2-6-15(16)18(8-9-18)17(22)20-10-4-5-12-21-13-11-19-14-21/h2-3,6-7,11,13-14H,4-5,8-10,12H2,1H3,(H,20,22). The summed E-state index contributed by atoms with van der Waals surface area (Å²) < 4.78 is 7.47. The number of methoxy groups -OCH3 is 1. The highest BCUT2D eigenvalue weighted by atomic mass is 16.5. The summed E-state index contributed by atoms with van der Waals surface area (Å²) in [6, 6.07) is 7.83. The first-order valence-corrected chi connectivity index (χ1v) is 8.14. The number of nitrogens with one attached hydrogen (secondary N) is 1. The van der Waals surface area contributed by atoms with E-state index in [1.807, 2.05) is 36.8 Å². The van der Waals surface area contributed by atoms with Gasteiger partial charge in [-0.25, -0.2) is 4.98 Å². The van der Waals surface area contributed by atoms with Gasteiger partial charge in [0, 0.05) is 31.0 Å². The van der Waals surface area contributed by atoms with Crippen LogP contribution in [0.3, 0.4) is 0 Å². The SMILES string of the molecule is COc1ccccc1C1(C(=O)NCCCCn2ccnc2)CC1. The number of carbonyl (C=O) groups is 1. The number of unbranched alkanes of at least 4 members (excludes halogenated alkanes) is 1. The van der Waals surface area contributed by atoms with Gasteiger partial charge in [0.15, 0.2) is 0 Å². The van der Waals surface area contributed by atoms with Crippen LogP contribution in [0.2, 0.25) is 0 Å². The van der Waals surface area contributed by atoms with E-state index in [-0.39, 0.29) is 11.3 Å². The summed E-state index contributed by atoms with van der Waals surface area (Å²) >= 11 is 0. The van der Waals surface area contributed by atoms with Gasteiger partial charge in [0.05, 0.1) is 18.9 Å². The van der Waals surface area contributed by atoms with Gasteiger partial charge in [0.25, 0.3) is 0 Å². The Bertz CT molecular complexity index is 648. The largest absolute Gasteiger partial charge is 0.496 e. The number of carbonyl (C=O) groups excluding carboxylic acids is 1. The molecule has 1 aromatic carbocycles. The van der Waals surface area contributed by atoms with Gasteiger partial charge in [-0.1, -0.05) is 18.2 Å². The van der Waals surface area contributed by atoms with Crippen molar-refractivity contribution in [1.29, 1.82) is 0 Å². The van der Waals surface area contributed by atoms with Crippen molar-refractivity contribution in [1.82, 2.24) is 14.9 Å². The van der Waals surface area contributed by atoms with Crippen molar-refractivity contribution in [3.8, 4) is 5.75 Å². The summed E-state index contributed by atoms with van der Waals surface area (Å²) in [4.78, 5) is 16.6. The lowest BCUT2D eigenvalue weighted by atomic mass is 9.94. The zero-order valence-electron chi connectivity index (χ0n) is 13.5. The molecule has 1 aromatic heterocycles. The Morgan fingerprint density at radius 1 is 1.35 bits per heavy atom. The highest BCUT2D eigenvalue weighted by Gasteiger charge is 2.52. The summed E-state index contributed by atoms with van der Waals surface area (Å²) in [5.74, 6) is 0.935. The molecular weight excluding hydrogens is 290 g/mol. The van der Waals surface area contributed by atoms with Gasteiger partial charge in [0.1, 0.15) is 5.75 Å². The molecule has 3 rings (SSSR count). The van der Waals surface area contributed by atoms with Gasteiger partial charge in [-0.3, -0.25) is 4.79 Å². The van der Waals surface area contributed by atoms with Gasteiger partial charge >= 0.3 is 0 Å². The van der Waals surface area contributed by atoms with E-state index in [0.29, 0.717) is 6.54 Å². The molecule has 0 radical (unpaired) electrons. The number of benzene rings is 1. The monoisotopic (exact) mass is 313 g/mol. The number of rotatable bonds is 8. The van der Waals surface area contributed by atoms with Crippen molar-refractivity contribution in [2.24, 2.45) is 0 Å². The van der Waals surface area contributed by atoms with Crippen molar-refractivity contribution in [3.63, 3.8) is 0 Å². The van der Waals surface area contributed by atoms with Crippen molar-refractivity contribution in [2.45, 2.75) is 37.6 Å². The zero-order valence-corrected chi connectivity index (χ0v) is 13.5. The number of ether oxygens (including phenoxy) is 1. The fourth-order valence-electron chi connectivity index (χ4n) is 2.99. The molecule has 0 spiro atoms. The molecule has 0 saturated heterocycles. The highest BCUT2D eigenvalue weighted by Crippen LogP contribution is 2.51. The first kappa shape index (κ1) is 15.6. The minimum absolute atomic E-state index is 0.129. The number of para-hydroxylation sites is 1. The van der Waals surface area contributed by atoms with Crippen LogP contribution in [0, 0.1) is 0 Å². The molecule has 5 nitrogen and oxygen atoms in total. The number of imidazole rings is 1. The lowest BCUT2D eigenvalue weighted by molar-refractivity contribution is -0.123. The molecule has 2 aromatic rings. The zero-order chi connectivity index (χ0) is 16.1. The summed E-state index contributed by atoms with van der Waals surface area (Å²) in [7, 11) is 1.66. The van der Waals surface area contributed by atoms with E-state index in [1.54, 1.807) is 13.3 Å². The van der Waals surface area contributed by atoms with Crippen LogP contribution in [-0.2, 0) is 16.8 Å². The Hall–Kier alpha value is -2.30. The van der Waals surface area contributed by atoms with Gasteiger partial charge in [-0.2, -0.15) is 0 Å². The van der Waals surface area contributed by atoms with Crippen molar-refractivity contribution in [3.05, 3.63) is 48.5 Å². The van der Waals surface area contributed by atoms with E-state index < -0.39 is 0 Å². The molecule has 5 heteroatoms. The van der Waals surface area contributed by atoms with E-state index in [0.717, 1.165) is 43.5 Å². The fourth-order valence-corrected chi connectivity index (χ4v) is 2.99. The molecule has 0 bridgehead atoms. The van der Waals surface area contributed by atoms with Crippen molar-refractivity contribution >= 4 is 5.91 Å². The van der Waals surface area contributed by atoms with Crippen LogP contribution in [0.1, 0.15) is 31.2 Å². The van der Waals surface area contributed by atoms with E-state index in [2.05, 4.69) is 14.9 Å². The average Bonchev–Trinajstić information content (AvgIpc) is 3.24. The molecule has 1 amide bonds. The van der Waals surface area contributed by atoms with Gasteiger partial charge in [0.2, 0.25) is 5.91 Å². The Labute approximate surface area is 136 Å². The number of aromatic nitrogens is 2. The normalized spacial score (nSPS) is 15.2. The van der Waals surface area contributed by atoms with Crippen LogP contribution < -0.4 is 10.1 Å². The third-order valence-electron chi connectivity index (χ3n) is 4.50. The summed E-state index contributed by atoms with van der Waals surface area (Å²) in [5, 5.41) is 3.10. The smallest absolute Gasteiger partial charge is 0.230 e. The molecule has 1 fully saturated rings. The quantitative estimate of drug-likeness (QED) is 0.762. The summed E-state index contributed by atoms with van der Waals surface area (Å²) in [6.45, 7) is 1.65. The molecule has 1 aliphatic carbocycles. The van der Waals surface area contributed by atoms with E-state index in [1.165, 1.54) is 0 Å². The summed E-state index contributed by atoms with van der Waals surface area (Å²) in [6.07, 6.45) is 9.34. The number of hydrogen-bond acceptors (Lipinski definition) is 3. The topological polar surface area (TPSA) is 56.1 Å². The second-order valence-electron chi connectivity index (χ2n) is 6.05. The van der Waals surface area contributed by atoms with Crippen LogP contribution in [0.5, 0.6) is 5.75 Å². The first-order chi connectivity index (χ1) is 11.3. The Kier molecular flexibility index (Phi) is 4.65. The Balaban J connectivity index is 1.50. The number of aryl methyl sites for hydroxylation is 1. The second kappa shape index (κ2) is 6.86. The van der Waals surface area contributed by atoms with E-state index >= 15 is 0 Å². The van der Waals surface area contributed by atoms with Crippen LogP contribution in [0.25, 0.3) is 0 Å². The van der Waals surface area contributed by atoms with E-state index in [4.69, 9.17) is 4.74 Å². The maximum absolute atomic E-state index is 12.6. The number of hydrogen-bond donors (Lipinski definition) is 1. The molecule has 1 saturated carbocycles. The Morgan fingerprint density at radius 2 is 2.17 bits per heavy atom. The molecular formula is C18H23N3O2. The molecule has 0 atom stereocenters. The molecule has 0 aliphatic heterocycles. The third kappa shape index (κ3) is 3.38. The Morgan fingerprint density at radius 3 is 2.87 bits per heavy atom. The molecule has 23 heavy (non-hydrogen) atoms. The van der Waals surface area contributed by atoms with Gasteiger partial charge in [-0.05, 0) is 31.7 Å². The lowest BCUT2D eigenvalue weighted by Crippen LogP contribution is -2.35. The molecule has 0 unspecified atom stereocenters. The fraction of sp³-hybridized carbons (Fsp3) is 0.444. The second-order valence-corrected chi connectivity index (χ2v) is 6.05. The minimum atomic E-state index is -0.378. The van der Waals surface area contributed by atoms with Gasteiger partial charge < -0.3 is 14.6 Å². The molecule has 122 valence electrons. The third-order valence-corrected chi connectivity index (χ3v) is 4.50. The predicted octanol–water partition coefficient (Wildman–Crippen LogP) is 2.52. The first-order valence-electron chi connectivity index (χ1n) is 8.14. The van der Waals surface area contributed by atoms with Crippen LogP contribution in [0.15, 0.2) is 43.0 Å². The van der Waals surface area contributed by atoms with Crippen molar-refractivity contribution < 1.29 is 9.53 Å². The summed E-state index contributed by atoms with van der Waals surface area (Å²) in [5.41, 5.74) is 0.634. The molecule has 1 heterocycles. The maximum atomic E-state index is 12.6. The molecule has 1 N–H and O–H groups in total. The van der Waals surface area contributed by atoms with Crippen molar-refractivity contribution in [2.75, 3.05) is 13.7 Å². The van der Waals surface area contributed by atoms with Crippen LogP contribution in [-0.4, -0.2) is 29.1 Å². The van der Waals surface area contributed by atoms with E-state index in [9.17, 15) is 4.79 Å². The van der Waals surface area contributed by atoms with Crippen LogP contribution in [0.4, 0.5) is 0 Å².